The lowest BCUT2D eigenvalue weighted by Crippen LogP contribution is -2.29. The summed E-state index contributed by atoms with van der Waals surface area (Å²) in [7, 11) is 0. The summed E-state index contributed by atoms with van der Waals surface area (Å²) in [4.78, 5) is 11.1. The van der Waals surface area contributed by atoms with Crippen LogP contribution in [0.2, 0.25) is 0 Å². The molecule has 22 heavy (non-hydrogen) atoms. The van der Waals surface area contributed by atoms with Crippen LogP contribution in [0.3, 0.4) is 0 Å². The Morgan fingerprint density at radius 3 is 2.68 bits per heavy atom. The number of hydrogen-bond donors (Lipinski definition) is 1. The molecule has 2 aliphatic rings. The molecule has 0 aromatic heterocycles. The van der Waals surface area contributed by atoms with Gasteiger partial charge in [0.2, 0.25) is 0 Å². The Hall–Kier alpha value is -2.62. The molecule has 0 saturated carbocycles. The number of nitrogens with zero attached hydrogens (tertiary/aromatic N) is 1. The van der Waals surface area contributed by atoms with Crippen molar-refractivity contribution in [2.45, 2.75) is 18.4 Å². The number of hydrogen-bond acceptors (Lipinski definition) is 3. The van der Waals surface area contributed by atoms with Crippen molar-refractivity contribution < 1.29 is 4.92 Å². The second-order valence-corrected chi connectivity index (χ2v) is 5.88. The van der Waals surface area contributed by atoms with Crippen molar-refractivity contribution in [1.29, 1.82) is 0 Å². The SMILES string of the molecule is O=[N+]([O-])c1cccc2c1N[C@H](c1ccccc1)[C@@H]1CC=C[C@@H]21. The summed E-state index contributed by atoms with van der Waals surface area (Å²) < 4.78 is 0. The van der Waals surface area contributed by atoms with Crippen molar-refractivity contribution in [2.24, 2.45) is 5.92 Å². The van der Waals surface area contributed by atoms with Crippen molar-refractivity contribution in [3.63, 3.8) is 0 Å². The summed E-state index contributed by atoms with van der Waals surface area (Å²) in [5, 5.41) is 14.8. The van der Waals surface area contributed by atoms with Crippen molar-refractivity contribution in [2.75, 3.05) is 5.32 Å². The van der Waals surface area contributed by atoms with Gasteiger partial charge in [-0.05, 0) is 23.5 Å². The topological polar surface area (TPSA) is 55.2 Å². The molecule has 1 aliphatic carbocycles. The largest absolute Gasteiger partial charge is 0.372 e. The monoisotopic (exact) mass is 292 g/mol. The van der Waals surface area contributed by atoms with Gasteiger partial charge in [-0.3, -0.25) is 10.1 Å². The molecule has 1 heterocycles. The number of rotatable bonds is 2. The fourth-order valence-corrected chi connectivity index (χ4v) is 3.75. The molecule has 0 saturated heterocycles. The maximum atomic E-state index is 11.4. The highest BCUT2D eigenvalue weighted by molar-refractivity contribution is 5.71. The zero-order valence-corrected chi connectivity index (χ0v) is 12.0. The van der Waals surface area contributed by atoms with Crippen LogP contribution in [0.25, 0.3) is 0 Å². The Bertz CT molecular complexity index is 755. The molecular formula is C18H16N2O2. The Labute approximate surface area is 128 Å². The van der Waals surface area contributed by atoms with Crippen molar-refractivity contribution in [1.82, 2.24) is 0 Å². The average molecular weight is 292 g/mol. The fourth-order valence-electron chi connectivity index (χ4n) is 3.75. The zero-order chi connectivity index (χ0) is 15.1. The molecule has 0 spiro atoms. The maximum Gasteiger partial charge on any atom is 0.292 e. The van der Waals surface area contributed by atoms with E-state index in [-0.39, 0.29) is 22.6 Å². The van der Waals surface area contributed by atoms with Crippen molar-refractivity contribution >= 4 is 11.4 Å². The number of allylic oxidation sites excluding steroid dienone is 2. The standard InChI is InChI=1S/C18H16N2O2/c21-20(22)16-11-5-10-15-13-8-4-9-14(13)17(19-18(15)16)12-6-2-1-3-7-12/h1-8,10-11,13-14,17,19H,9H2/t13-,14-,17-/m1/s1. The van der Waals surface area contributed by atoms with E-state index in [1.807, 2.05) is 24.3 Å². The second-order valence-electron chi connectivity index (χ2n) is 5.88. The van der Waals surface area contributed by atoms with E-state index in [4.69, 9.17) is 0 Å². The minimum atomic E-state index is -0.299. The number of anilines is 1. The molecule has 1 N–H and O–H groups in total. The quantitative estimate of drug-likeness (QED) is 0.506. The second kappa shape index (κ2) is 4.98. The lowest BCUT2D eigenvalue weighted by molar-refractivity contribution is -0.384. The van der Waals surface area contributed by atoms with Gasteiger partial charge < -0.3 is 5.32 Å². The summed E-state index contributed by atoms with van der Waals surface area (Å²) in [5.74, 6) is 0.665. The first-order chi connectivity index (χ1) is 10.8. The molecule has 0 amide bonds. The lowest BCUT2D eigenvalue weighted by atomic mass is 9.77. The van der Waals surface area contributed by atoms with Gasteiger partial charge in [0.1, 0.15) is 5.69 Å². The molecule has 0 fully saturated rings. The molecule has 0 unspecified atom stereocenters. The molecule has 0 radical (unpaired) electrons. The van der Waals surface area contributed by atoms with E-state index in [0.717, 1.165) is 12.0 Å². The van der Waals surface area contributed by atoms with Gasteiger partial charge in [0.15, 0.2) is 0 Å². The summed E-state index contributed by atoms with van der Waals surface area (Å²) >= 11 is 0. The lowest BCUT2D eigenvalue weighted by Gasteiger charge is -2.37. The Balaban J connectivity index is 1.85. The number of para-hydroxylation sites is 1. The van der Waals surface area contributed by atoms with Gasteiger partial charge in [-0.1, -0.05) is 54.6 Å². The van der Waals surface area contributed by atoms with Crippen LogP contribution in [-0.2, 0) is 0 Å². The third kappa shape index (κ3) is 1.91. The van der Waals surface area contributed by atoms with Gasteiger partial charge in [0.25, 0.3) is 5.69 Å². The van der Waals surface area contributed by atoms with Gasteiger partial charge in [0.05, 0.1) is 11.0 Å². The summed E-state index contributed by atoms with van der Waals surface area (Å²) in [5.41, 5.74) is 3.07. The fraction of sp³-hybridized carbons (Fsp3) is 0.222. The number of benzene rings is 2. The molecular weight excluding hydrogens is 276 g/mol. The molecule has 2 aromatic rings. The third-order valence-corrected chi connectivity index (χ3v) is 4.73. The smallest absolute Gasteiger partial charge is 0.292 e. The minimum Gasteiger partial charge on any atom is -0.372 e. The number of fused-ring (bicyclic) bond motifs is 3. The van der Waals surface area contributed by atoms with Crippen LogP contribution >= 0.6 is 0 Å². The van der Waals surface area contributed by atoms with Crippen molar-refractivity contribution in [3.05, 3.63) is 81.9 Å². The van der Waals surface area contributed by atoms with Gasteiger partial charge in [-0.25, -0.2) is 0 Å². The predicted octanol–water partition coefficient (Wildman–Crippen LogP) is 4.42. The molecule has 110 valence electrons. The average Bonchev–Trinajstić information content (AvgIpc) is 3.04. The Kier molecular flexibility index (Phi) is 2.96. The highest BCUT2D eigenvalue weighted by Gasteiger charge is 2.40. The van der Waals surface area contributed by atoms with Gasteiger partial charge in [-0.15, -0.1) is 0 Å². The van der Waals surface area contributed by atoms with Crippen LogP contribution in [0.15, 0.2) is 60.7 Å². The van der Waals surface area contributed by atoms with E-state index in [1.54, 1.807) is 12.1 Å². The van der Waals surface area contributed by atoms with E-state index in [1.165, 1.54) is 5.56 Å². The predicted molar refractivity (Wildman–Crippen MR) is 85.9 cm³/mol. The zero-order valence-electron chi connectivity index (χ0n) is 12.0. The Morgan fingerprint density at radius 2 is 1.91 bits per heavy atom. The molecule has 2 aromatic carbocycles. The minimum absolute atomic E-state index is 0.106. The summed E-state index contributed by atoms with van der Waals surface area (Å²) in [6, 6.07) is 15.7. The molecule has 4 nitrogen and oxygen atoms in total. The molecule has 3 atom stereocenters. The van der Waals surface area contributed by atoms with E-state index in [0.29, 0.717) is 11.6 Å². The van der Waals surface area contributed by atoms with Crippen LogP contribution in [0, 0.1) is 16.0 Å². The molecule has 4 heteroatoms. The number of nitrogens with one attached hydrogen (secondary N) is 1. The third-order valence-electron chi connectivity index (χ3n) is 4.73. The van der Waals surface area contributed by atoms with Crippen LogP contribution in [0.1, 0.15) is 29.5 Å². The number of nitro benzene ring substituents is 1. The first-order valence-electron chi connectivity index (χ1n) is 7.51. The number of nitro groups is 1. The highest BCUT2D eigenvalue weighted by atomic mass is 16.6. The summed E-state index contributed by atoms with van der Waals surface area (Å²) in [6.45, 7) is 0. The van der Waals surface area contributed by atoms with Gasteiger partial charge in [-0.2, -0.15) is 0 Å². The molecule has 4 rings (SSSR count). The van der Waals surface area contributed by atoms with Gasteiger partial charge in [0, 0.05) is 12.0 Å². The van der Waals surface area contributed by atoms with Crippen molar-refractivity contribution in [3.8, 4) is 0 Å². The maximum absolute atomic E-state index is 11.4. The van der Waals surface area contributed by atoms with Crippen LogP contribution in [0.4, 0.5) is 11.4 Å². The van der Waals surface area contributed by atoms with E-state index in [2.05, 4.69) is 29.6 Å². The summed E-state index contributed by atoms with van der Waals surface area (Å²) in [6.07, 6.45) is 5.39. The van der Waals surface area contributed by atoms with E-state index in [9.17, 15) is 10.1 Å². The highest BCUT2D eigenvalue weighted by Crippen LogP contribution is 2.51. The van der Waals surface area contributed by atoms with Gasteiger partial charge >= 0.3 is 0 Å². The first-order valence-corrected chi connectivity index (χ1v) is 7.51. The van der Waals surface area contributed by atoms with E-state index < -0.39 is 0 Å². The molecule has 1 aliphatic heterocycles. The normalized spacial score (nSPS) is 25.2. The van der Waals surface area contributed by atoms with Crippen LogP contribution in [0.5, 0.6) is 0 Å². The first kappa shape index (κ1) is 13.1. The van der Waals surface area contributed by atoms with Crippen LogP contribution < -0.4 is 5.32 Å². The molecule has 0 bridgehead atoms. The van der Waals surface area contributed by atoms with E-state index >= 15 is 0 Å². The van der Waals surface area contributed by atoms with Crippen LogP contribution in [-0.4, -0.2) is 4.92 Å². The Morgan fingerprint density at radius 1 is 1.09 bits per heavy atom.